The standard InChI is InChI=1S/C5H7ClF2OS/c6-10(9)3-5(1-2-5)4(7)8/h4H,1-3H2. The van der Waals surface area contributed by atoms with E-state index in [1.807, 2.05) is 0 Å². The van der Waals surface area contributed by atoms with E-state index >= 15 is 0 Å². The molecule has 1 aliphatic carbocycles. The Kier molecular flexibility index (Phi) is 2.30. The molecule has 1 saturated carbocycles. The smallest absolute Gasteiger partial charge is 0.243 e. The summed E-state index contributed by atoms with van der Waals surface area (Å²) in [5.41, 5.74) is -0.993. The predicted octanol–water partition coefficient (Wildman–Crippen LogP) is 1.93. The van der Waals surface area contributed by atoms with E-state index in [0.717, 1.165) is 0 Å². The first-order valence-corrected chi connectivity index (χ1v) is 5.04. The van der Waals surface area contributed by atoms with Gasteiger partial charge in [-0.2, -0.15) is 0 Å². The van der Waals surface area contributed by atoms with Gasteiger partial charge in [-0.3, -0.25) is 0 Å². The van der Waals surface area contributed by atoms with Crippen LogP contribution in [-0.4, -0.2) is 16.4 Å². The van der Waals surface area contributed by atoms with E-state index in [2.05, 4.69) is 0 Å². The Balaban J connectivity index is 2.45. The van der Waals surface area contributed by atoms with Crippen molar-refractivity contribution in [1.29, 1.82) is 0 Å². The van der Waals surface area contributed by atoms with Crippen molar-refractivity contribution >= 4 is 20.7 Å². The lowest BCUT2D eigenvalue weighted by molar-refractivity contribution is 0.0744. The zero-order valence-electron chi connectivity index (χ0n) is 5.15. The van der Waals surface area contributed by atoms with Crippen molar-refractivity contribution in [2.45, 2.75) is 19.3 Å². The highest BCUT2D eigenvalue weighted by Crippen LogP contribution is 2.51. The first-order valence-electron chi connectivity index (χ1n) is 2.90. The summed E-state index contributed by atoms with van der Waals surface area (Å²) in [6.45, 7) is 0. The first kappa shape index (κ1) is 8.40. The molecule has 60 valence electrons. The van der Waals surface area contributed by atoms with E-state index in [1.54, 1.807) is 0 Å². The van der Waals surface area contributed by atoms with Crippen LogP contribution in [-0.2, 0) is 10.0 Å². The van der Waals surface area contributed by atoms with E-state index in [0.29, 0.717) is 12.8 Å². The third-order valence-electron chi connectivity index (χ3n) is 1.76. The van der Waals surface area contributed by atoms with Crippen LogP contribution in [0.2, 0.25) is 0 Å². The minimum atomic E-state index is -2.37. The average molecular weight is 189 g/mol. The molecule has 0 bridgehead atoms. The Labute approximate surface area is 64.7 Å². The van der Waals surface area contributed by atoms with Gasteiger partial charge in [-0.05, 0) is 23.5 Å². The molecule has 0 saturated heterocycles. The molecule has 1 fully saturated rings. The molecule has 0 heterocycles. The maximum absolute atomic E-state index is 12.0. The molecule has 0 N–H and O–H groups in total. The number of hydrogen-bond donors (Lipinski definition) is 0. The summed E-state index contributed by atoms with van der Waals surface area (Å²) in [5, 5.41) is 0. The van der Waals surface area contributed by atoms with Crippen LogP contribution in [0.15, 0.2) is 0 Å². The minimum absolute atomic E-state index is 0.0633. The fourth-order valence-electron chi connectivity index (χ4n) is 0.812. The number of alkyl halides is 2. The van der Waals surface area contributed by atoms with Gasteiger partial charge in [-0.1, -0.05) is 0 Å². The summed E-state index contributed by atoms with van der Waals surface area (Å²) >= 11 is 0. The molecule has 5 heteroatoms. The van der Waals surface area contributed by atoms with Crippen molar-refractivity contribution in [3.05, 3.63) is 0 Å². The maximum Gasteiger partial charge on any atom is 0.245 e. The lowest BCUT2D eigenvalue weighted by atomic mass is 10.2. The highest BCUT2D eigenvalue weighted by atomic mass is 35.7. The van der Waals surface area contributed by atoms with Crippen LogP contribution < -0.4 is 0 Å². The fraction of sp³-hybridized carbons (Fsp3) is 1.00. The van der Waals surface area contributed by atoms with Gasteiger partial charge in [0.05, 0.1) is 0 Å². The fourth-order valence-corrected chi connectivity index (χ4v) is 2.33. The van der Waals surface area contributed by atoms with Crippen LogP contribution >= 0.6 is 10.7 Å². The van der Waals surface area contributed by atoms with Crippen molar-refractivity contribution in [1.82, 2.24) is 0 Å². The van der Waals surface area contributed by atoms with Crippen LogP contribution in [0.4, 0.5) is 8.78 Å². The predicted molar refractivity (Wildman–Crippen MR) is 36.5 cm³/mol. The molecule has 1 nitrogen and oxygen atoms in total. The topological polar surface area (TPSA) is 17.1 Å². The Bertz CT molecular complexity index is 158. The molecule has 0 amide bonds. The summed E-state index contributed by atoms with van der Waals surface area (Å²) in [7, 11) is 3.48. The van der Waals surface area contributed by atoms with Gasteiger partial charge in [0.2, 0.25) is 6.43 Å². The van der Waals surface area contributed by atoms with E-state index in [1.165, 1.54) is 0 Å². The van der Waals surface area contributed by atoms with Gasteiger partial charge in [0.1, 0.15) is 10.0 Å². The SMILES string of the molecule is O=S(Cl)CC1(C(F)F)CC1. The molecule has 0 radical (unpaired) electrons. The second kappa shape index (κ2) is 2.74. The van der Waals surface area contributed by atoms with E-state index in [9.17, 15) is 13.0 Å². The van der Waals surface area contributed by atoms with E-state index < -0.39 is 21.9 Å². The molecule has 1 rings (SSSR count). The Morgan fingerprint density at radius 1 is 1.60 bits per heavy atom. The van der Waals surface area contributed by atoms with Crippen LogP contribution in [0.25, 0.3) is 0 Å². The number of hydrogen-bond acceptors (Lipinski definition) is 1. The number of halogens is 3. The molecule has 0 aromatic heterocycles. The van der Waals surface area contributed by atoms with E-state index in [4.69, 9.17) is 10.7 Å². The van der Waals surface area contributed by atoms with Crippen molar-refractivity contribution in [3.63, 3.8) is 0 Å². The van der Waals surface area contributed by atoms with Crippen LogP contribution in [0.1, 0.15) is 12.8 Å². The lowest BCUT2D eigenvalue weighted by Crippen LogP contribution is -2.18. The molecule has 1 atom stereocenters. The van der Waals surface area contributed by atoms with Crippen molar-refractivity contribution in [2.75, 3.05) is 5.75 Å². The third kappa shape index (κ3) is 1.66. The molecule has 0 aliphatic heterocycles. The molecular weight excluding hydrogens is 182 g/mol. The Morgan fingerprint density at radius 2 is 2.10 bits per heavy atom. The van der Waals surface area contributed by atoms with Gasteiger partial charge in [-0.25, -0.2) is 13.0 Å². The normalized spacial score (nSPS) is 24.8. The van der Waals surface area contributed by atoms with Crippen LogP contribution in [0.3, 0.4) is 0 Å². The summed E-state index contributed by atoms with van der Waals surface area (Å²) < 4.78 is 34.4. The van der Waals surface area contributed by atoms with E-state index in [-0.39, 0.29) is 5.75 Å². The zero-order chi connectivity index (χ0) is 7.78. The Hall–Kier alpha value is 0.300. The molecule has 1 aliphatic rings. The minimum Gasteiger partial charge on any atom is -0.243 e. The third-order valence-corrected chi connectivity index (χ3v) is 2.89. The Morgan fingerprint density at radius 3 is 2.20 bits per heavy atom. The van der Waals surface area contributed by atoms with Gasteiger partial charge in [0.25, 0.3) is 0 Å². The van der Waals surface area contributed by atoms with Gasteiger partial charge in [0.15, 0.2) is 0 Å². The summed E-state index contributed by atoms with van der Waals surface area (Å²) in [6, 6.07) is 0. The molecule has 0 spiro atoms. The summed E-state index contributed by atoms with van der Waals surface area (Å²) in [5.74, 6) is -0.0633. The average Bonchev–Trinajstić information content (AvgIpc) is 2.46. The van der Waals surface area contributed by atoms with Crippen LogP contribution in [0, 0.1) is 5.41 Å². The van der Waals surface area contributed by atoms with Crippen molar-refractivity contribution in [3.8, 4) is 0 Å². The zero-order valence-corrected chi connectivity index (χ0v) is 6.72. The maximum atomic E-state index is 12.0. The lowest BCUT2D eigenvalue weighted by Gasteiger charge is -2.09. The van der Waals surface area contributed by atoms with Gasteiger partial charge in [-0.15, -0.1) is 0 Å². The van der Waals surface area contributed by atoms with Crippen LogP contribution in [0.5, 0.6) is 0 Å². The van der Waals surface area contributed by atoms with Gasteiger partial charge >= 0.3 is 0 Å². The first-order chi connectivity index (χ1) is 4.57. The monoisotopic (exact) mass is 188 g/mol. The molecule has 10 heavy (non-hydrogen) atoms. The molecule has 0 aromatic carbocycles. The molecular formula is C5H7ClF2OS. The largest absolute Gasteiger partial charge is 0.245 e. The molecule has 1 unspecified atom stereocenters. The highest BCUT2D eigenvalue weighted by molar-refractivity contribution is 8.08. The van der Waals surface area contributed by atoms with Crippen molar-refractivity contribution < 1.29 is 13.0 Å². The highest BCUT2D eigenvalue weighted by Gasteiger charge is 2.51. The second-order valence-electron chi connectivity index (χ2n) is 2.60. The summed E-state index contributed by atoms with van der Waals surface area (Å²) in [4.78, 5) is 0. The summed E-state index contributed by atoms with van der Waals surface area (Å²) in [6.07, 6.45) is -1.44. The van der Waals surface area contributed by atoms with Gasteiger partial charge < -0.3 is 0 Å². The second-order valence-corrected chi connectivity index (χ2v) is 4.50. The van der Waals surface area contributed by atoms with Gasteiger partial charge in [0, 0.05) is 11.2 Å². The number of rotatable bonds is 3. The quantitative estimate of drug-likeness (QED) is 0.619. The molecule has 0 aromatic rings. The van der Waals surface area contributed by atoms with Crippen molar-refractivity contribution in [2.24, 2.45) is 5.41 Å².